The first-order valence-corrected chi connectivity index (χ1v) is 3.99. The molecule has 0 saturated carbocycles. The summed E-state index contributed by atoms with van der Waals surface area (Å²) in [5, 5.41) is 2.84. The molecule has 0 aromatic heterocycles. The largest absolute Gasteiger partial charge is 0.352 e. The Morgan fingerprint density at radius 1 is 1.73 bits per heavy atom. The zero-order valence-electron chi connectivity index (χ0n) is 6.76. The first-order chi connectivity index (χ1) is 5.25. The van der Waals surface area contributed by atoms with Crippen LogP contribution in [0.4, 0.5) is 0 Å². The molecule has 0 radical (unpaired) electrons. The molecule has 60 valence electrons. The Labute approximate surface area is 67.4 Å². The van der Waals surface area contributed by atoms with Gasteiger partial charge in [0.05, 0.1) is 5.92 Å². The summed E-state index contributed by atoms with van der Waals surface area (Å²) >= 11 is 0. The topological polar surface area (TPSA) is 29.1 Å². The Hall–Kier alpha value is -0.970. The number of hydrogen-bond acceptors (Lipinski definition) is 1. The van der Waals surface area contributed by atoms with Gasteiger partial charge in [-0.25, -0.2) is 0 Å². The summed E-state index contributed by atoms with van der Waals surface area (Å²) in [6.07, 6.45) is 7.96. The molecule has 1 N–H and O–H groups in total. The molecule has 0 aromatic rings. The number of rotatable bonds is 3. The molecule has 2 nitrogen and oxygen atoms in total. The van der Waals surface area contributed by atoms with E-state index in [2.05, 4.69) is 11.2 Å². The number of β-lactam (4-membered cyclic amide) rings is 1. The van der Waals surface area contributed by atoms with Gasteiger partial charge < -0.3 is 5.32 Å². The van der Waals surface area contributed by atoms with Crippen molar-refractivity contribution in [3.8, 4) is 12.3 Å². The van der Waals surface area contributed by atoms with Crippen molar-refractivity contribution < 1.29 is 4.79 Å². The van der Waals surface area contributed by atoms with Gasteiger partial charge in [-0.1, -0.05) is 6.92 Å². The van der Waals surface area contributed by atoms with E-state index in [0.29, 0.717) is 6.04 Å². The molecule has 11 heavy (non-hydrogen) atoms. The Balaban J connectivity index is 2.11. The number of nitrogens with one attached hydrogen (secondary N) is 1. The lowest BCUT2D eigenvalue weighted by atomic mass is 9.89. The molecule has 2 heteroatoms. The molecule has 0 spiro atoms. The molecule has 1 heterocycles. The molecule has 1 amide bonds. The number of terminal acetylenes is 1. The summed E-state index contributed by atoms with van der Waals surface area (Å²) in [5.74, 6) is 2.96. The van der Waals surface area contributed by atoms with Gasteiger partial charge in [0.25, 0.3) is 0 Å². The second kappa shape index (κ2) is 3.43. The van der Waals surface area contributed by atoms with Crippen molar-refractivity contribution in [2.75, 3.05) is 0 Å². The number of hydrogen-bond donors (Lipinski definition) is 1. The van der Waals surface area contributed by atoms with E-state index < -0.39 is 0 Å². The third-order valence-electron chi connectivity index (χ3n) is 2.18. The van der Waals surface area contributed by atoms with E-state index in [1.54, 1.807) is 0 Å². The average Bonchev–Trinajstić information content (AvgIpc) is 2.03. The molecule has 1 aliphatic heterocycles. The Kier molecular flexibility index (Phi) is 2.53. The van der Waals surface area contributed by atoms with Crippen LogP contribution in [0.25, 0.3) is 0 Å². The van der Waals surface area contributed by atoms with Gasteiger partial charge in [-0.3, -0.25) is 4.79 Å². The van der Waals surface area contributed by atoms with Crippen LogP contribution in [0.2, 0.25) is 0 Å². The Bertz CT molecular complexity index is 192. The summed E-state index contributed by atoms with van der Waals surface area (Å²) < 4.78 is 0. The van der Waals surface area contributed by atoms with Crippen LogP contribution in [-0.4, -0.2) is 11.9 Å². The van der Waals surface area contributed by atoms with Crippen LogP contribution >= 0.6 is 0 Å². The Morgan fingerprint density at radius 2 is 2.45 bits per heavy atom. The predicted molar refractivity (Wildman–Crippen MR) is 43.8 cm³/mol. The number of amides is 1. The van der Waals surface area contributed by atoms with Crippen molar-refractivity contribution in [1.29, 1.82) is 0 Å². The summed E-state index contributed by atoms with van der Waals surface area (Å²) in [7, 11) is 0. The summed E-state index contributed by atoms with van der Waals surface area (Å²) in [6.45, 7) is 1.96. The minimum atomic E-state index is 0.177. The standard InChI is InChI=1S/C9H13NO/c1-3-4-5-6-8-7(2)9(11)10-8/h1,7-8H,4-6H2,2H3,(H,10,11)/t7-,8-/m0/s1. The van der Waals surface area contributed by atoms with Gasteiger partial charge in [0.1, 0.15) is 0 Å². The van der Waals surface area contributed by atoms with E-state index in [0.717, 1.165) is 19.3 Å². The van der Waals surface area contributed by atoms with Crippen LogP contribution in [0, 0.1) is 18.3 Å². The highest BCUT2D eigenvalue weighted by Crippen LogP contribution is 2.18. The summed E-state index contributed by atoms with van der Waals surface area (Å²) in [6, 6.07) is 0.385. The van der Waals surface area contributed by atoms with Crippen LogP contribution in [0.5, 0.6) is 0 Å². The molecule has 2 atom stereocenters. The minimum Gasteiger partial charge on any atom is -0.352 e. The van der Waals surface area contributed by atoms with Crippen molar-refractivity contribution in [3.05, 3.63) is 0 Å². The second-order valence-electron chi connectivity index (χ2n) is 3.00. The lowest BCUT2D eigenvalue weighted by Crippen LogP contribution is -2.56. The molecule has 0 aromatic carbocycles. The third-order valence-corrected chi connectivity index (χ3v) is 2.18. The van der Waals surface area contributed by atoms with Crippen molar-refractivity contribution in [2.45, 2.75) is 32.2 Å². The highest BCUT2D eigenvalue weighted by molar-refractivity contribution is 5.85. The van der Waals surface area contributed by atoms with Gasteiger partial charge in [-0.15, -0.1) is 12.3 Å². The van der Waals surface area contributed by atoms with Gasteiger partial charge in [-0.05, 0) is 12.8 Å². The van der Waals surface area contributed by atoms with E-state index >= 15 is 0 Å². The van der Waals surface area contributed by atoms with Gasteiger partial charge in [0.2, 0.25) is 5.91 Å². The van der Waals surface area contributed by atoms with Gasteiger partial charge in [0, 0.05) is 12.5 Å². The number of carbonyl (C=O) groups excluding carboxylic acids is 1. The normalized spacial score (nSPS) is 28.5. The van der Waals surface area contributed by atoms with Gasteiger partial charge >= 0.3 is 0 Å². The summed E-state index contributed by atoms with van der Waals surface area (Å²) in [4.78, 5) is 10.7. The van der Waals surface area contributed by atoms with Crippen molar-refractivity contribution in [1.82, 2.24) is 5.32 Å². The highest BCUT2D eigenvalue weighted by atomic mass is 16.2. The second-order valence-corrected chi connectivity index (χ2v) is 3.00. The zero-order valence-corrected chi connectivity index (χ0v) is 6.76. The monoisotopic (exact) mass is 151 g/mol. The number of carbonyl (C=O) groups is 1. The molecular weight excluding hydrogens is 138 g/mol. The molecule has 1 fully saturated rings. The Morgan fingerprint density at radius 3 is 2.91 bits per heavy atom. The van der Waals surface area contributed by atoms with E-state index in [-0.39, 0.29) is 11.8 Å². The smallest absolute Gasteiger partial charge is 0.225 e. The van der Waals surface area contributed by atoms with Crippen molar-refractivity contribution in [2.24, 2.45) is 5.92 Å². The van der Waals surface area contributed by atoms with Crippen LogP contribution in [0.3, 0.4) is 0 Å². The van der Waals surface area contributed by atoms with Crippen LogP contribution in [0.1, 0.15) is 26.2 Å². The molecule has 1 rings (SSSR count). The van der Waals surface area contributed by atoms with E-state index in [1.807, 2.05) is 6.92 Å². The van der Waals surface area contributed by atoms with E-state index in [9.17, 15) is 4.79 Å². The van der Waals surface area contributed by atoms with Crippen molar-refractivity contribution >= 4 is 5.91 Å². The molecular formula is C9H13NO. The lowest BCUT2D eigenvalue weighted by Gasteiger charge is -2.34. The average molecular weight is 151 g/mol. The van der Waals surface area contributed by atoms with Gasteiger partial charge in [-0.2, -0.15) is 0 Å². The quantitative estimate of drug-likeness (QED) is 0.363. The SMILES string of the molecule is C#CCCC[C@@H]1NC(=O)[C@H]1C. The molecule has 1 aliphatic rings. The predicted octanol–water partition coefficient (Wildman–Crippen LogP) is 0.924. The highest BCUT2D eigenvalue weighted by Gasteiger charge is 2.33. The summed E-state index contributed by atoms with van der Waals surface area (Å²) in [5.41, 5.74) is 0. The fourth-order valence-electron chi connectivity index (χ4n) is 1.27. The maximum Gasteiger partial charge on any atom is 0.225 e. The van der Waals surface area contributed by atoms with E-state index in [4.69, 9.17) is 6.42 Å². The first-order valence-electron chi connectivity index (χ1n) is 3.99. The molecule has 0 bridgehead atoms. The van der Waals surface area contributed by atoms with E-state index in [1.165, 1.54) is 0 Å². The molecule has 0 unspecified atom stereocenters. The fourth-order valence-corrected chi connectivity index (χ4v) is 1.27. The molecule has 1 saturated heterocycles. The zero-order chi connectivity index (χ0) is 8.27. The third kappa shape index (κ3) is 1.74. The lowest BCUT2D eigenvalue weighted by molar-refractivity contribution is -0.134. The van der Waals surface area contributed by atoms with Crippen LogP contribution < -0.4 is 5.32 Å². The maximum atomic E-state index is 10.7. The first kappa shape index (κ1) is 8.13. The fraction of sp³-hybridized carbons (Fsp3) is 0.667. The van der Waals surface area contributed by atoms with Crippen molar-refractivity contribution in [3.63, 3.8) is 0 Å². The number of unbranched alkanes of at least 4 members (excludes halogenated alkanes) is 1. The minimum absolute atomic E-state index is 0.177. The molecule has 0 aliphatic carbocycles. The van der Waals surface area contributed by atoms with Crippen LogP contribution in [-0.2, 0) is 4.79 Å². The van der Waals surface area contributed by atoms with Gasteiger partial charge in [0.15, 0.2) is 0 Å². The van der Waals surface area contributed by atoms with Crippen LogP contribution in [0.15, 0.2) is 0 Å². The maximum absolute atomic E-state index is 10.7.